The second kappa shape index (κ2) is 3.55. The molecule has 3 rings (SSSR count). The third-order valence-electron chi connectivity index (χ3n) is 2.82. The van der Waals surface area contributed by atoms with Crippen LogP contribution in [0, 0.1) is 0 Å². The van der Waals surface area contributed by atoms with Crippen LogP contribution in [0.1, 0.15) is 5.69 Å². The quantitative estimate of drug-likeness (QED) is 0.688. The molecule has 0 unspecified atom stereocenters. The van der Waals surface area contributed by atoms with E-state index in [0.717, 1.165) is 19.8 Å². The molecule has 0 saturated carbocycles. The number of hydrogen-bond acceptors (Lipinski definition) is 1. The molecule has 0 aliphatic carbocycles. The second-order valence-corrected chi connectivity index (χ2v) is 3.83. The van der Waals surface area contributed by atoms with E-state index in [2.05, 4.69) is 41.1 Å². The molecule has 0 bridgehead atoms. The van der Waals surface area contributed by atoms with Crippen molar-refractivity contribution in [2.75, 3.05) is 6.61 Å². The van der Waals surface area contributed by atoms with Crippen LogP contribution in [-0.4, -0.2) is 11.2 Å². The largest absolute Gasteiger partial charge is 0.373 e. The zero-order chi connectivity index (χ0) is 10.1. The highest BCUT2D eigenvalue weighted by atomic mass is 16.5. The molecular formula is C13H13NO. The summed E-state index contributed by atoms with van der Waals surface area (Å²) >= 11 is 0. The van der Waals surface area contributed by atoms with Crippen LogP contribution in [-0.2, 0) is 17.9 Å². The van der Waals surface area contributed by atoms with E-state index in [4.69, 9.17) is 4.74 Å². The number of fused-ring (bicyclic) bond motifs is 1. The molecule has 1 aromatic heterocycles. The summed E-state index contributed by atoms with van der Waals surface area (Å²) in [5.74, 6) is 0. The van der Waals surface area contributed by atoms with E-state index in [0.29, 0.717) is 0 Å². The Morgan fingerprint density at radius 3 is 2.73 bits per heavy atom. The number of benzene rings is 1. The lowest BCUT2D eigenvalue weighted by molar-refractivity contribution is 0.0850. The minimum absolute atomic E-state index is 0.743. The van der Waals surface area contributed by atoms with E-state index in [1.54, 1.807) is 0 Å². The molecule has 2 heterocycles. The number of nitrogens with zero attached hydrogens (tertiary/aromatic N) is 1. The molecule has 0 N–H and O–H groups in total. The average Bonchev–Trinajstić information content (AvgIpc) is 2.74. The topological polar surface area (TPSA) is 14.2 Å². The van der Waals surface area contributed by atoms with E-state index in [1.807, 2.05) is 6.07 Å². The number of ether oxygens (including phenoxy) is 1. The van der Waals surface area contributed by atoms with Crippen LogP contribution in [0.4, 0.5) is 0 Å². The fourth-order valence-corrected chi connectivity index (χ4v) is 2.01. The molecular weight excluding hydrogens is 186 g/mol. The maximum atomic E-state index is 5.42. The van der Waals surface area contributed by atoms with Gasteiger partial charge in [0.2, 0.25) is 0 Å². The number of rotatable bonds is 1. The first-order valence-electron chi connectivity index (χ1n) is 5.26. The van der Waals surface area contributed by atoms with E-state index >= 15 is 0 Å². The lowest BCUT2D eigenvalue weighted by Gasteiger charge is -2.14. The summed E-state index contributed by atoms with van der Waals surface area (Å²) in [6.07, 6.45) is 2.22. The predicted molar refractivity (Wildman–Crippen MR) is 59.5 cm³/mol. The van der Waals surface area contributed by atoms with Gasteiger partial charge in [0.25, 0.3) is 0 Å². The summed E-state index contributed by atoms with van der Waals surface area (Å²) in [4.78, 5) is 0. The third kappa shape index (κ3) is 1.57. The van der Waals surface area contributed by atoms with Crippen molar-refractivity contribution in [3.63, 3.8) is 0 Å². The Kier molecular flexibility index (Phi) is 2.07. The standard InChI is InChI=1S/C13H13NO/c1-2-4-11(5-3-1)12-8-13-10-15-7-6-14(13)9-12/h1-5,8-9H,6-7,10H2. The molecule has 76 valence electrons. The Hall–Kier alpha value is -1.54. The highest BCUT2D eigenvalue weighted by Gasteiger charge is 2.10. The van der Waals surface area contributed by atoms with Crippen LogP contribution >= 0.6 is 0 Å². The molecule has 2 aromatic rings. The molecule has 0 radical (unpaired) electrons. The van der Waals surface area contributed by atoms with Gasteiger partial charge in [-0.25, -0.2) is 0 Å². The Labute approximate surface area is 89.1 Å². The van der Waals surface area contributed by atoms with Crippen LogP contribution < -0.4 is 0 Å². The van der Waals surface area contributed by atoms with Crippen LogP contribution in [0.3, 0.4) is 0 Å². The zero-order valence-electron chi connectivity index (χ0n) is 8.52. The van der Waals surface area contributed by atoms with Crippen molar-refractivity contribution >= 4 is 0 Å². The highest BCUT2D eigenvalue weighted by Crippen LogP contribution is 2.23. The first kappa shape index (κ1) is 8.74. The van der Waals surface area contributed by atoms with Gasteiger partial charge in [0.1, 0.15) is 0 Å². The van der Waals surface area contributed by atoms with Gasteiger partial charge in [0.05, 0.1) is 13.2 Å². The fourth-order valence-electron chi connectivity index (χ4n) is 2.01. The molecule has 1 aliphatic rings. The molecule has 0 atom stereocenters. The monoisotopic (exact) mass is 199 g/mol. The van der Waals surface area contributed by atoms with Gasteiger partial charge < -0.3 is 9.30 Å². The van der Waals surface area contributed by atoms with Gasteiger partial charge in [-0.05, 0) is 17.2 Å². The van der Waals surface area contributed by atoms with Crippen molar-refractivity contribution in [2.24, 2.45) is 0 Å². The summed E-state index contributed by atoms with van der Waals surface area (Å²) in [6, 6.07) is 12.7. The summed E-state index contributed by atoms with van der Waals surface area (Å²) < 4.78 is 7.71. The van der Waals surface area contributed by atoms with Crippen molar-refractivity contribution in [1.82, 2.24) is 4.57 Å². The third-order valence-corrected chi connectivity index (χ3v) is 2.82. The smallest absolute Gasteiger partial charge is 0.0868 e. The fraction of sp³-hybridized carbons (Fsp3) is 0.231. The van der Waals surface area contributed by atoms with Gasteiger partial charge in [-0.1, -0.05) is 30.3 Å². The van der Waals surface area contributed by atoms with Gasteiger partial charge in [0.15, 0.2) is 0 Å². The van der Waals surface area contributed by atoms with Crippen LogP contribution in [0.5, 0.6) is 0 Å². The molecule has 2 nitrogen and oxygen atoms in total. The first-order valence-corrected chi connectivity index (χ1v) is 5.26. The molecule has 0 spiro atoms. The molecule has 0 amide bonds. The van der Waals surface area contributed by atoms with E-state index in [1.165, 1.54) is 16.8 Å². The van der Waals surface area contributed by atoms with E-state index in [9.17, 15) is 0 Å². The highest BCUT2D eigenvalue weighted by molar-refractivity contribution is 5.63. The molecule has 0 saturated heterocycles. The number of aromatic nitrogens is 1. The Morgan fingerprint density at radius 1 is 1.07 bits per heavy atom. The summed E-state index contributed by atoms with van der Waals surface area (Å²) in [6.45, 7) is 2.55. The Balaban J connectivity index is 2.03. The lowest BCUT2D eigenvalue weighted by atomic mass is 10.1. The Morgan fingerprint density at radius 2 is 1.93 bits per heavy atom. The van der Waals surface area contributed by atoms with Crippen LogP contribution in [0.25, 0.3) is 11.1 Å². The summed E-state index contributed by atoms with van der Waals surface area (Å²) in [7, 11) is 0. The Bertz CT molecular complexity index is 435. The lowest BCUT2D eigenvalue weighted by Crippen LogP contribution is -2.14. The average molecular weight is 199 g/mol. The number of hydrogen-bond donors (Lipinski definition) is 0. The minimum Gasteiger partial charge on any atom is -0.373 e. The van der Waals surface area contributed by atoms with Crippen molar-refractivity contribution in [1.29, 1.82) is 0 Å². The first-order chi connectivity index (χ1) is 7.43. The van der Waals surface area contributed by atoms with Crippen molar-refractivity contribution in [2.45, 2.75) is 13.2 Å². The maximum Gasteiger partial charge on any atom is 0.0868 e. The van der Waals surface area contributed by atoms with Gasteiger partial charge in [-0.3, -0.25) is 0 Å². The normalized spacial score (nSPS) is 14.9. The van der Waals surface area contributed by atoms with Crippen molar-refractivity contribution in [3.8, 4) is 11.1 Å². The maximum absolute atomic E-state index is 5.42. The second-order valence-electron chi connectivity index (χ2n) is 3.83. The van der Waals surface area contributed by atoms with E-state index < -0.39 is 0 Å². The van der Waals surface area contributed by atoms with E-state index in [-0.39, 0.29) is 0 Å². The summed E-state index contributed by atoms with van der Waals surface area (Å²) in [5, 5.41) is 0. The van der Waals surface area contributed by atoms with Gasteiger partial charge in [-0.15, -0.1) is 0 Å². The molecule has 0 fully saturated rings. The van der Waals surface area contributed by atoms with Crippen molar-refractivity contribution < 1.29 is 4.74 Å². The van der Waals surface area contributed by atoms with Gasteiger partial charge in [0, 0.05) is 18.4 Å². The van der Waals surface area contributed by atoms with Crippen molar-refractivity contribution in [3.05, 3.63) is 48.3 Å². The zero-order valence-corrected chi connectivity index (χ0v) is 8.52. The summed E-state index contributed by atoms with van der Waals surface area (Å²) in [5.41, 5.74) is 3.84. The molecule has 1 aromatic carbocycles. The van der Waals surface area contributed by atoms with Gasteiger partial charge >= 0.3 is 0 Å². The van der Waals surface area contributed by atoms with Crippen LogP contribution in [0.2, 0.25) is 0 Å². The predicted octanol–water partition coefficient (Wildman–Crippen LogP) is 2.69. The van der Waals surface area contributed by atoms with Crippen LogP contribution in [0.15, 0.2) is 42.6 Å². The minimum atomic E-state index is 0.743. The molecule has 2 heteroatoms. The molecule has 15 heavy (non-hydrogen) atoms. The molecule has 1 aliphatic heterocycles. The SMILES string of the molecule is c1ccc(-c2cc3n(c2)CCOC3)cc1. The van der Waals surface area contributed by atoms with Gasteiger partial charge in [-0.2, -0.15) is 0 Å².